The Balaban J connectivity index is 2.00. The highest BCUT2D eigenvalue weighted by Gasteiger charge is 2.37. The van der Waals surface area contributed by atoms with Crippen molar-refractivity contribution in [2.75, 3.05) is 26.7 Å². The van der Waals surface area contributed by atoms with Gasteiger partial charge in [0.2, 0.25) is 0 Å². The third kappa shape index (κ3) is 1.54. The summed E-state index contributed by atoms with van der Waals surface area (Å²) in [4.78, 5) is 2.41. The summed E-state index contributed by atoms with van der Waals surface area (Å²) in [6.45, 7) is 3.56. The van der Waals surface area contributed by atoms with E-state index in [0.29, 0.717) is 5.54 Å². The van der Waals surface area contributed by atoms with Crippen LogP contribution in [0.4, 0.5) is 0 Å². The summed E-state index contributed by atoms with van der Waals surface area (Å²) in [5.74, 6) is 0. The lowest BCUT2D eigenvalue weighted by Crippen LogP contribution is -2.53. The van der Waals surface area contributed by atoms with Gasteiger partial charge in [-0.05, 0) is 26.4 Å². The first-order valence-electron chi connectivity index (χ1n) is 4.15. The summed E-state index contributed by atoms with van der Waals surface area (Å²) >= 11 is 1.65. The van der Waals surface area contributed by atoms with Crippen LogP contribution in [-0.2, 0) is 0 Å². The molecule has 11 heavy (non-hydrogen) atoms. The maximum absolute atomic E-state index is 3.47. The molecular weight excluding hydrogens is 158 g/mol. The molecular formula is C7H15N3S. The van der Waals surface area contributed by atoms with Crippen LogP contribution in [0.1, 0.15) is 12.8 Å². The monoisotopic (exact) mass is 173 g/mol. The van der Waals surface area contributed by atoms with E-state index in [9.17, 15) is 0 Å². The molecule has 2 aliphatic heterocycles. The number of hydrogen-bond acceptors (Lipinski definition) is 4. The molecule has 2 aliphatic rings. The molecule has 2 rings (SSSR count). The molecule has 1 atom stereocenters. The third-order valence-corrected chi connectivity index (χ3v) is 3.34. The van der Waals surface area contributed by atoms with Crippen LogP contribution < -0.4 is 9.44 Å². The van der Waals surface area contributed by atoms with Crippen molar-refractivity contribution in [3.63, 3.8) is 0 Å². The number of likely N-dealkylation sites (N-methyl/N-ethyl adjacent to an activating group) is 1. The van der Waals surface area contributed by atoms with Crippen LogP contribution in [0.15, 0.2) is 0 Å². The Bertz CT molecular complexity index is 145. The fraction of sp³-hybridized carbons (Fsp3) is 1.00. The molecule has 2 heterocycles. The summed E-state index contributed by atoms with van der Waals surface area (Å²) in [5, 5.41) is 0. The Morgan fingerprint density at radius 2 is 2.45 bits per heavy atom. The first-order valence-corrected chi connectivity index (χ1v) is 4.97. The van der Waals surface area contributed by atoms with Gasteiger partial charge in [0.1, 0.15) is 0 Å². The molecule has 1 unspecified atom stereocenters. The van der Waals surface area contributed by atoms with E-state index in [1.807, 2.05) is 0 Å². The number of nitrogens with one attached hydrogen (secondary N) is 2. The van der Waals surface area contributed by atoms with Crippen LogP contribution in [0.3, 0.4) is 0 Å². The highest BCUT2D eigenvalue weighted by molar-refractivity contribution is 7.95. The number of rotatable bonds is 0. The average Bonchev–Trinajstić information content (AvgIpc) is 2.37. The van der Waals surface area contributed by atoms with Crippen molar-refractivity contribution in [2.45, 2.75) is 18.4 Å². The average molecular weight is 173 g/mol. The number of piperidine rings is 1. The van der Waals surface area contributed by atoms with Gasteiger partial charge in [0.25, 0.3) is 0 Å². The molecule has 64 valence electrons. The summed E-state index contributed by atoms with van der Waals surface area (Å²) in [6.07, 6.45) is 2.64. The fourth-order valence-corrected chi connectivity index (χ4v) is 2.82. The Kier molecular flexibility index (Phi) is 2.10. The molecule has 2 N–H and O–H groups in total. The van der Waals surface area contributed by atoms with Gasteiger partial charge < -0.3 is 4.90 Å². The van der Waals surface area contributed by atoms with Gasteiger partial charge in [-0.1, -0.05) is 0 Å². The molecule has 4 heteroatoms. The van der Waals surface area contributed by atoms with Crippen molar-refractivity contribution >= 4 is 12.1 Å². The van der Waals surface area contributed by atoms with Crippen LogP contribution in [0.2, 0.25) is 0 Å². The molecule has 0 saturated carbocycles. The highest BCUT2D eigenvalue weighted by atomic mass is 32.2. The van der Waals surface area contributed by atoms with Crippen molar-refractivity contribution in [1.82, 2.24) is 14.3 Å². The third-order valence-electron chi connectivity index (χ3n) is 2.52. The molecule has 2 fully saturated rings. The zero-order chi connectivity index (χ0) is 7.73. The van der Waals surface area contributed by atoms with Crippen molar-refractivity contribution in [2.24, 2.45) is 0 Å². The predicted octanol–water partition coefficient (Wildman–Crippen LogP) is 0.207. The minimum atomic E-state index is 0.373. The Labute approximate surface area is 72.2 Å². The number of nitrogens with zero attached hydrogens (tertiary/aromatic N) is 1. The van der Waals surface area contributed by atoms with Crippen molar-refractivity contribution < 1.29 is 0 Å². The van der Waals surface area contributed by atoms with E-state index in [-0.39, 0.29) is 0 Å². The van der Waals surface area contributed by atoms with E-state index in [1.165, 1.54) is 25.9 Å². The van der Waals surface area contributed by atoms with Gasteiger partial charge in [-0.2, -0.15) is 0 Å². The van der Waals surface area contributed by atoms with Gasteiger partial charge in [0, 0.05) is 25.2 Å². The summed E-state index contributed by atoms with van der Waals surface area (Å²) < 4.78 is 6.75. The van der Waals surface area contributed by atoms with Gasteiger partial charge >= 0.3 is 0 Å². The van der Waals surface area contributed by atoms with E-state index in [4.69, 9.17) is 0 Å². The molecule has 0 aliphatic carbocycles. The van der Waals surface area contributed by atoms with Crippen LogP contribution in [-0.4, -0.2) is 37.1 Å². The minimum Gasteiger partial charge on any atom is -0.304 e. The first kappa shape index (κ1) is 7.86. The summed E-state index contributed by atoms with van der Waals surface area (Å²) in [7, 11) is 2.20. The lowest BCUT2D eigenvalue weighted by molar-refractivity contribution is 0.177. The zero-order valence-corrected chi connectivity index (χ0v) is 7.71. The Hall–Kier alpha value is 0.230. The zero-order valence-electron chi connectivity index (χ0n) is 6.89. The van der Waals surface area contributed by atoms with Gasteiger partial charge in [0.05, 0.1) is 5.54 Å². The fourth-order valence-electron chi connectivity index (χ4n) is 1.94. The molecule has 2 saturated heterocycles. The van der Waals surface area contributed by atoms with Crippen molar-refractivity contribution in [1.29, 1.82) is 0 Å². The Morgan fingerprint density at radius 1 is 1.55 bits per heavy atom. The molecule has 0 aromatic rings. The molecule has 0 amide bonds. The second-order valence-electron chi connectivity index (χ2n) is 3.65. The van der Waals surface area contributed by atoms with E-state index >= 15 is 0 Å². The largest absolute Gasteiger partial charge is 0.304 e. The van der Waals surface area contributed by atoms with Crippen LogP contribution in [0.25, 0.3) is 0 Å². The van der Waals surface area contributed by atoms with E-state index in [0.717, 1.165) is 6.54 Å². The molecule has 0 radical (unpaired) electrons. The molecule has 3 nitrogen and oxygen atoms in total. The maximum atomic E-state index is 3.47. The summed E-state index contributed by atoms with van der Waals surface area (Å²) in [6, 6.07) is 0. The minimum absolute atomic E-state index is 0.373. The quantitative estimate of drug-likeness (QED) is 0.512. The molecule has 0 aromatic heterocycles. The number of likely N-dealkylation sites (tertiary alicyclic amines) is 1. The van der Waals surface area contributed by atoms with Gasteiger partial charge in [0.15, 0.2) is 0 Å². The summed E-state index contributed by atoms with van der Waals surface area (Å²) in [5.41, 5.74) is 0.373. The molecule has 1 spiro atoms. The van der Waals surface area contributed by atoms with Crippen molar-refractivity contribution in [3.8, 4) is 0 Å². The van der Waals surface area contributed by atoms with Gasteiger partial charge in [-0.25, -0.2) is 9.44 Å². The van der Waals surface area contributed by atoms with E-state index in [2.05, 4.69) is 21.4 Å². The van der Waals surface area contributed by atoms with Gasteiger partial charge in [-0.15, -0.1) is 0 Å². The molecule has 0 aromatic carbocycles. The normalized spacial score (nSPS) is 40.1. The maximum Gasteiger partial charge on any atom is 0.0555 e. The van der Waals surface area contributed by atoms with Gasteiger partial charge in [-0.3, -0.25) is 0 Å². The lowest BCUT2D eigenvalue weighted by Gasteiger charge is -2.37. The molecule has 0 bridgehead atoms. The van der Waals surface area contributed by atoms with Crippen molar-refractivity contribution in [3.05, 3.63) is 0 Å². The first-order chi connectivity index (χ1) is 5.31. The van der Waals surface area contributed by atoms with E-state index in [1.54, 1.807) is 12.1 Å². The topological polar surface area (TPSA) is 27.3 Å². The smallest absolute Gasteiger partial charge is 0.0555 e. The second-order valence-corrected chi connectivity index (χ2v) is 4.34. The van der Waals surface area contributed by atoms with Crippen LogP contribution in [0.5, 0.6) is 0 Å². The second kappa shape index (κ2) is 2.94. The number of hydrogen-bond donors (Lipinski definition) is 2. The highest BCUT2D eigenvalue weighted by Crippen LogP contribution is 2.25. The Morgan fingerprint density at radius 3 is 3.09 bits per heavy atom. The van der Waals surface area contributed by atoms with Crippen LogP contribution >= 0.6 is 12.1 Å². The lowest BCUT2D eigenvalue weighted by atomic mass is 9.91. The predicted molar refractivity (Wildman–Crippen MR) is 48.2 cm³/mol. The van der Waals surface area contributed by atoms with E-state index < -0.39 is 0 Å². The SMILES string of the molecule is CN1CCCC2(CNSN2)C1. The standard InChI is InChI=1S/C7H15N3S/c1-10-4-2-3-7(6-10)5-8-11-9-7/h8-9H,2-6H2,1H3. The van der Waals surface area contributed by atoms with Crippen LogP contribution in [0, 0.1) is 0 Å².